The molecule has 0 radical (unpaired) electrons. The van der Waals surface area contributed by atoms with E-state index in [0.717, 1.165) is 23.1 Å². The predicted molar refractivity (Wildman–Crippen MR) is 146 cm³/mol. The van der Waals surface area contributed by atoms with Gasteiger partial charge in [0.15, 0.2) is 0 Å². The van der Waals surface area contributed by atoms with E-state index >= 15 is 0 Å². The first-order chi connectivity index (χ1) is 20.6. The van der Waals surface area contributed by atoms with Gasteiger partial charge in [0.1, 0.15) is 0 Å². The monoisotopic (exact) mass is 632 g/mol. The molecule has 3 N–H and O–H groups in total. The van der Waals surface area contributed by atoms with Crippen LogP contribution in [0, 0.1) is 11.8 Å². The molecule has 0 bridgehead atoms. The Kier molecular flexibility index (Phi) is 11.6. The molecule has 4 rings (SSSR count). The summed E-state index contributed by atoms with van der Waals surface area (Å²) in [6.45, 7) is 0.735. The number of nitrogens with one attached hydrogen (secondary N) is 1. The van der Waals surface area contributed by atoms with Crippen LogP contribution in [0.1, 0.15) is 47.9 Å². The van der Waals surface area contributed by atoms with Gasteiger partial charge in [-0.3, -0.25) is 9.59 Å². The Morgan fingerprint density at radius 3 is 1.93 bits per heavy atom. The lowest BCUT2D eigenvalue weighted by Gasteiger charge is -2.36. The summed E-state index contributed by atoms with van der Waals surface area (Å²) in [6.07, 6.45) is -7.88. The van der Waals surface area contributed by atoms with Crippen LogP contribution in [0.5, 0.6) is 0 Å². The number of aliphatic carboxylic acids is 1. The molecule has 2 saturated heterocycles. The summed E-state index contributed by atoms with van der Waals surface area (Å²) in [4.78, 5) is 35.0. The fourth-order valence-corrected chi connectivity index (χ4v) is 5.57. The predicted octanol–water partition coefficient (Wildman–Crippen LogP) is 5.88. The van der Waals surface area contributed by atoms with Crippen molar-refractivity contribution in [2.45, 2.75) is 63.0 Å². The van der Waals surface area contributed by atoms with Crippen LogP contribution in [0.2, 0.25) is 0 Å². The van der Waals surface area contributed by atoms with E-state index in [4.69, 9.17) is 9.84 Å². The molecule has 2 aromatic rings. The number of halogens is 6. The number of amides is 1. The number of carbonyl (C=O) groups excluding carboxylic acids is 1. The third-order valence-electron chi connectivity index (χ3n) is 7.80. The smallest absolute Gasteiger partial charge is 0.416 e. The second-order valence-electron chi connectivity index (χ2n) is 10.9. The van der Waals surface area contributed by atoms with Crippen LogP contribution in [-0.2, 0) is 39.5 Å². The summed E-state index contributed by atoms with van der Waals surface area (Å²) in [5.74, 6) is -2.11. The minimum absolute atomic E-state index is 0.00802. The van der Waals surface area contributed by atoms with Gasteiger partial charge in [-0.25, -0.2) is 4.79 Å². The van der Waals surface area contributed by atoms with E-state index in [9.17, 15) is 45.8 Å². The van der Waals surface area contributed by atoms with Crippen LogP contribution >= 0.6 is 0 Å². The lowest BCUT2D eigenvalue weighted by Crippen LogP contribution is -2.48. The molecule has 0 aromatic heterocycles. The highest BCUT2D eigenvalue weighted by Crippen LogP contribution is 2.32. The van der Waals surface area contributed by atoms with E-state index in [1.54, 1.807) is 6.07 Å². The van der Waals surface area contributed by atoms with Gasteiger partial charge >= 0.3 is 30.4 Å². The van der Waals surface area contributed by atoms with Gasteiger partial charge in [0.25, 0.3) is 0 Å². The van der Waals surface area contributed by atoms with Crippen molar-refractivity contribution in [2.75, 3.05) is 20.2 Å². The van der Waals surface area contributed by atoms with Gasteiger partial charge in [-0.1, -0.05) is 36.4 Å². The van der Waals surface area contributed by atoms with Crippen molar-refractivity contribution in [1.29, 1.82) is 0 Å². The lowest BCUT2D eigenvalue weighted by molar-refractivity contribution is -0.147. The van der Waals surface area contributed by atoms with E-state index in [-0.39, 0.29) is 43.7 Å². The zero-order valence-electron chi connectivity index (χ0n) is 23.8. The molecule has 44 heavy (non-hydrogen) atoms. The number of rotatable bonds is 6. The fraction of sp³-hybridized carbons (Fsp3) is 0.500. The summed E-state index contributed by atoms with van der Waals surface area (Å²) in [7, 11) is 1.35. The Morgan fingerprint density at radius 1 is 0.864 bits per heavy atom. The van der Waals surface area contributed by atoms with Crippen LogP contribution in [0.25, 0.3) is 0 Å². The largest absolute Gasteiger partial charge is 0.481 e. The first-order valence-electron chi connectivity index (χ1n) is 13.9. The number of carboxylic acid groups (broad SMARTS) is 2. The number of benzene rings is 2. The van der Waals surface area contributed by atoms with Gasteiger partial charge in [0, 0.05) is 18.6 Å². The maximum atomic E-state index is 12.7. The first-order valence-corrected chi connectivity index (χ1v) is 13.9. The van der Waals surface area contributed by atoms with E-state index in [2.05, 4.69) is 5.32 Å². The zero-order valence-corrected chi connectivity index (χ0v) is 23.8. The quantitative estimate of drug-likeness (QED) is 0.269. The number of carboxylic acids is 1. The van der Waals surface area contributed by atoms with Crippen LogP contribution in [-0.4, -0.2) is 65.4 Å². The lowest BCUT2D eigenvalue weighted by atomic mass is 9.87. The molecule has 2 fully saturated rings. The van der Waals surface area contributed by atoms with Gasteiger partial charge in [-0.05, 0) is 68.3 Å². The van der Waals surface area contributed by atoms with Gasteiger partial charge in [-0.2, -0.15) is 26.3 Å². The van der Waals surface area contributed by atoms with Crippen molar-refractivity contribution in [3.63, 3.8) is 0 Å². The number of nitrogens with zero attached hydrogens (tertiary/aromatic N) is 1. The Balaban J connectivity index is 0.000000241. The fourth-order valence-electron chi connectivity index (χ4n) is 5.57. The van der Waals surface area contributed by atoms with E-state index < -0.39 is 47.5 Å². The molecule has 14 heteroatoms. The Hall–Kier alpha value is -3.81. The average Bonchev–Trinajstić information content (AvgIpc) is 2.96. The van der Waals surface area contributed by atoms with Crippen molar-refractivity contribution in [2.24, 2.45) is 11.8 Å². The van der Waals surface area contributed by atoms with E-state index in [1.807, 2.05) is 0 Å². The summed E-state index contributed by atoms with van der Waals surface area (Å²) in [5, 5.41) is 21.5. The molecule has 2 aliphatic rings. The maximum absolute atomic E-state index is 12.7. The topological polar surface area (TPSA) is 116 Å². The van der Waals surface area contributed by atoms with Crippen molar-refractivity contribution in [1.82, 2.24) is 10.2 Å². The summed E-state index contributed by atoms with van der Waals surface area (Å²) >= 11 is 0. The van der Waals surface area contributed by atoms with Gasteiger partial charge in [-0.15, -0.1) is 0 Å². The Morgan fingerprint density at radius 2 is 1.43 bits per heavy atom. The molecular formula is C30H34F6N2O6. The van der Waals surface area contributed by atoms with Gasteiger partial charge in [0.05, 0.1) is 30.1 Å². The van der Waals surface area contributed by atoms with Crippen LogP contribution in [0.3, 0.4) is 0 Å². The number of esters is 1. The van der Waals surface area contributed by atoms with Crippen molar-refractivity contribution >= 4 is 18.0 Å². The van der Waals surface area contributed by atoms with Crippen LogP contribution < -0.4 is 5.32 Å². The number of hydrogen-bond acceptors (Lipinski definition) is 5. The van der Waals surface area contributed by atoms with E-state index in [1.165, 1.54) is 31.4 Å². The molecule has 2 heterocycles. The molecule has 8 nitrogen and oxygen atoms in total. The number of hydrogen-bond donors (Lipinski definition) is 3. The molecule has 0 saturated carbocycles. The Labute approximate surface area is 250 Å². The first kappa shape index (κ1) is 34.7. The molecule has 2 aliphatic heterocycles. The third-order valence-corrected chi connectivity index (χ3v) is 7.80. The number of methoxy groups -OCH3 is 1. The molecule has 1 amide bonds. The maximum Gasteiger partial charge on any atom is 0.416 e. The summed E-state index contributed by atoms with van der Waals surface area (Å²) in [5.41, 5.74) is -0.488. The molecule has 242 valence electrons. The molecule has 4 unspecified atom stereocenters. The Bertz CT molecular complexity index is 1300. The van der Waals surface area contributed by atoms with Crippen molar-refractivity contribution in [3.05, 3.63) is 70.8 Å². The van der Waals surface area contributed by atoms with Gasteiger partial charge < -0.3 is 25.2 Å². The zero-order chi connectivity index (χ0) is 32.7. The third kappa shape index (κ3) is 9.86. The normalized spacial score (nSPS) is 22.4. The van der Waals surface area contributed by atoms with Crippen molar-refractivity contribution < 1.29 is 55.7 Å². The highest BCUT2D eigenvalue weighted by molar-refractivity contribution is 5.72. The molecule has 4 atom stereocenters. The minimum atomic E-state index is -4.47. The van der Waals surface area contributed by atoms with Crippen LogP contribution in [0.4, 0.5) is 31.1 Å². The molecular weight excluding hydrogens is 598 g/mol. The number of likely N-dealkylation sites (tertiary alicyclic amines) is 1. The molecule has 2 aromatic carbocycles. The second-order valence-corrected chi connectivity index (χ2v) is 10.9. The highest BCUT2D eigenvalue weighted by Gasteiger charge is 2.36. The molecule has 0 aliphatic carbocycles. The second kappa shape index (κ2) is 14.8. The van der Waals surface area contributed by atoms with E-state index in [0.29, 0.717) is 36.9 Å². The number of piperidine rings is 2. The minimum Gasteiger partial charge on any atom is -0.481 e. The number of carbonyl (C=O) groups is 3. The molecule has 0 spiro atoms. The number of ether oxygens (including phenoxy) is 1. The summed E-state index contributed by atoms with van der Waals surface area (Å²) in [6, 6.07) is 9.34. The SMILES string of the molecule is COC(=O)C1CCNC(Cc2cccc(C(F)(F)F)c2)C1.O=C(O)C1CCN(C(=O)O)C(Cc2cccc(C(F)(F)F)c2)C1. The van der Waals surface area contributed by atoms with Crippen molar-refractivity contribution in [3.8, 4) is 0 Å². The standard InChI is InChI=1S/C15H16F3NO4.C15H18F3NO2/c16-15(17,18)11-3-1-2-9(6-11)7-12-8-10(13(20)21)4-5-19(12)14(22)23;1-21-14(20)11-5-6-19-13(9-11)8-10-3-2-4-12(7-10)15(16,17)18/h1-3,6,10,12H,4-5,7-8H2,(H,20,21)(H,22,23);2-4,7,11,13,19H,5-6,8-9H2,1H3. The average molecular weight is 633 g/mol. The van der Waals surface area contributed by atoms with Crippen LogP contribution in [0.15, 0.2) is 48.5 Å². The number of alkyl halides is 6. The highest BCUT2D eigenvalue weighted by atomic mass is 19.4. The summed E-state index contributed by atoms with van der Waals surface area (Å²) < 4.78 is 81.0. The van der Waals surface area contributed by atoms with Gasteiger partial charge in [0.2, 0.25) is 0 Å².